The minimum atomic E-state index is -0.342. The molecule has 1 aromatic carbocycles. The number of aromatic nitrogens is 2. The quantitative estimate of drug-likeness (QED) is 0.797. The van der Waals surface area contributed by atoms with E-state index in [1.165, 1.54) is 0 Å². The van der Waals surface area contributed by atoms with Gasteiger partial charge in [0.1, 0.15) is 6.54 Å². The normalized spacial score (nSPS) is 12.5. The molecule has 2 aromatic rings. The van der Waals surface area contributed by atoms with E-state index in [-0.39, 0.29) is 18.4 Å². The summed E-state index contributed by atoms with van der Waals surface area (Å²) in [4.78, 5) is 25.7. The molecule has 7 heteroatoms. The highest BCUT2D eigenvalue weighted by Crippen LogP contribution is 2.39. The molecular formula is C17H18ClN3O3. The molecule has 0 saturated carbocycles. The maximum Gasteiger partial charge on any atom is 0.327 e. The summed E-state index contributed by atoms with van der Waals surface area (Å²) in [7, 11) is 0. The number of benzene rings is 1. The number of hydrogen-bond acceptors (Lipinski definition) is 4. The third-order valence-electron chi connectivity index (χ3n) is 3.87. The van der Waals surface area contributed by atoms with E-state index < -0.39 is 0 Å². The average Bonchev–Trinajstić information content (AvgIpc) is 2.96. The highest BCUT2D eigenvalue weighted by atomic mass is 35.5. The molecule has 126 valence electrons. The molecule has 1 aromatic heterocycles. The Balaban J connectivity index is 2.01. The monoisotopic (exact) mass is 347 g/mol. The number of amides is 1. The number of ether oxygens (including phenoxy) is 1. The number of anilines is 1. The van der Waals surface area contributed by atoms with Crippen molar-refractivity contribution in [2.75, 3.05) is 11.5 Å². The second kappa shape index (κ2) is 6.65. The summed E-state index contributed by atoms with van der Waals surface area (Å²) in [5.41, 5.74) is 3.22. The van der Waals surface area contributed by atoms with Crippen molar-refractivity contribution < 1.29 is 14.3 Å². The number of carbonyl (C=O) groups excluding carboxylic acids is 2. The highest BCUT2D eigenvalue weighted by Gasteiger charge is 2.28. The lowest BCUT2D eigenvalue weighted by atomic mass is 10.00. The van der Waals surface area contributed by atoms with E-state index >= 15 is 0 Å². The van der Waals surface area contributed by atoms with Crippen LogP contribution in [0.15, 0.2) is 24.4 Å². The predicted molar refractivity (Wildman–Crippen MR) is 90.8 cm³/mol. The minimum Gasteiger partial charge on any atom is -0.465 e. The zero-order valence-electron chi connectivity index (χ0n) is 13.6. The van der Waals surface area contributed by atoms with Crippen LogP contribution in [0.3, 0.4) is 0 Å². The van der Waals surface area contributed by atoms with E-state index in [2.05, 4.69) is 5.10 Å². The second-order valence-electron chi connectivity index (χ2n) is 5.50. The fraction of sp³-hybridized carbons (Fsp3) is 0.353. The summed E-state index contributed by atoms with van der Waals surface area (Å²) in [6.07, 6.45) is 2.19. The molecule has 0 aliphatic carbocycles. The van der Waals surface area contributed by atoms with Crippen LogP contribution in [0.1, 0.15) is 25.8 Å². The third-order valence-corrected chi connectivity index (χ3v) is 4.11. The maximum absolute atomic E-state index is 12.3. The van der Waals surface area contributed by atoms with Crippen LogP contribution in [0.4, 0.5) is 5.69 Å². The number of esters is 1. The van der Waals surface area contributed by atoms with Gasteiger partial charge in [0.05, 0.1) is 24.5 Å². The van der Waals surface area contributed by atoms with Crippen LogP contribution in [-0.4, -0.2) is 28.3 Å². The fourth-order valence-electron chi connectivity index (χ4n) is 2.83. The first-order chi connectivity index (χ1) is 11.5. The number of carbonyl (C=O) groups is 2. The van der Waals surface area contributed by atoms with Gasteiger partial charge in [-0.05, 0) is 25.1 Å². The van der Waals surface area contributed by atoms with Crippen LogP contribution in [0, 0.1) is 0 Å². The first-order valence-corrected chi connectivity index (χ1v) is 8.23. The molecular weight excluding hydrogens is 330 g/mol. The molecule has 3 rings (SSSR count). The van der Waals surface area contributed by atoms with E-state index in [0.29, 0.717) is 24.6 Å². The maximum atomic E-state index is 12.3. The zero-order chi connectivity index (χ0) is 17.3. The van der Waals surface area contributed by atoms with Crippen LogP contribution in [0.2, 0.25) is 5.02 Å². The van der Waals surface area contributed by atoms with Crippen LogP contribution >= 0.6 is 11.6 Å². The third kappa shape index (κ3) is 3.01. The summed E-state index contributed by atoms with van der Waals surface area (Å²) >= 11 is 6.12. The van der Waals surface area contributed by atoms with E-state index in [4.69, 9.17) is 16.3 Å². The second-order valence-corrected chi connectivity index (χ2v) is 5.94. The van der Waals surface area contributed by atoms with Gasteiger partial charge in [-0.25, -0.2) is 0 Å². The van der Waals surface area contributed by atoms with Gasteiger partial charge in [0.2, 0.25) is 5.91 Å². The van der Waals surface area contributed by atoms with Gasteiger partial charge in [0, 0.05) is 28.8 Å². The Morgan fingerprint density at radius 2 is 2.12 bits per heavy atom. The van der Waals surface area contributed by atoms with E-state index in [1.807, 2.05) is 13.0 Å². The van der Waals surface area contributed by atoms with Crippen LogP contribution < -0.4 is 4.90 Å². The number of fused-ring (bicyclic) bond motifs is 3. The molecule has 0 bridgehead atoms. The van der Waals surface area contributed by atoms with Gasteiger partial charge in [-0.1, -0.05) is 18.5 Å². The van der Waals surface area contributed by atoms with E-state index in [0.717, 1.165) is 22.5 Å². The summed E-state index contributed by atoms with van der Waals surface area (Å²) in [5.74, 6) is -0.312. The van der Waals surface area contributed by atoms with Gasteiger partial charge in [-0.3, -0.25) is 14.3 Å². The van der Waals surface area contributed by atoms with Crippen LogP contribution in [-0.2, 0) is 27.4 Å². The van der Waals surface area contributed by atoms with Crippen molar-refractivity contribution in [1.82, 2.24) is 9.78 Å². The molecule has 0 saturated heterocycles. The lowest BCUT2D eigenvalue weighted by molar-refractivity contribution is -0.144. The lowest BCUT2D eigenvalue weighted by Gasteiger charge is -2.28. The highest BCUT2D eigenvalue weighted by molar-refractivity contribution is 6.31. The Bertz CT molecular complexity index is 800. The van der Waals surface area contributed by atoms with Crippen molar-refractivity contribution in [3.05, 3.63) is 35.0 Å². The SMILES string of the molecule is CCOC(=O)Cn1cc2c(n1)-c1cc(Cl)ccc1N(C(=O)CC)C2. The Kier molecular flexibility index (Phi) is 4.57. The van der Waals surface area contributed by atoms with Crippen molar-refractivity contribution in [2.45, 2.75) is 33.4 Å². The molecule has 0 unspecified atom stereocenters. The van der Waals surface area contributed by atoms with Gasteiger partial charge in [0.15, 0.2) is 0 Å². The van der Waals surface area contributed by atoms with Gasteiger partial charge < -0.3 is 9.64 Å². The molecule has 0 spiro atoms. The molecule has 2 heterocycles. The first-order valence-electron chi connectivity index (χ1n) is 7.85. The Morgan fingerprint density at radius 3 is 2.83 bits per heavy atom. The van der Waals surface area contributed by atoms with Gasteiger partial charge >= 0.3 is 5.97 Å². The summed E-state index contributed by atoms with van der Waals surface area (Å²) in [5, 5.41) is 5.07. The predicted octanol–water partition coefficient (Wildman–Crippen LogP) is 3.02. The van der Waals surface area contributed by atoms with Crippen molar-refractivity contribution in [2.24, 2.45) is 0 Å². The molecule has 1 aliphatic heterocycles. The van der Waals surface area contributed by atoms with Gasteiger partial charge in [-0.15, -0.1) is 0 Å². The zero-order valence-corrected chi connectivity index (χ0v) is 14.3. The molecule has 1 amide bonds. The molecule has 0 N–H and O–H groups in total. The van der Waals surface area contributed by atoms with Crippen LogP contribution in [0.25, 0.3) is 11.3 Å². The molecule has 0 fully saturated rings. The average molecular weight is 348 g/mol. The number of rotatable bonds is 4. The van der Waals surface area contributed by atoms with E-state index in [9.17, 15) is 9.59 Å². The Labute approximate surface area is 145 Å². The van der Waals surface area contributed by atoms with Crippen LogP contribution in [0.5, 0.6) is 0 Å². The topological polar surface area (TPSA) is 64.4 Å². The minimum absolute atomic E-state index is 0.0300. The van der Waals surface area contributed by atoms with Gasteiger partial charge in [-0.2, -0.15) is 5.10 Å². The van der Waals surface area contributed by atoms with Crippen molar-refractivity contribution in [3.8, 4) is 11.3 Å². The molecule has 1 aliphatic rings. The molecule has 24 heavy (non-hydrogen) atoms. The van der Waals surface area contributed by atoms with E-state index in [1.54, 1.807) is 34.8 Å². The Hall–Kier alpha value is -2.34. The number of hydrogen-bond donors (Lipinski definition) is 0. The Morgan fingerprint density at radius 1 is 1.33 bits per heavy atom. The fourth-order valence-corrected chi connectivity index (χ4v) is 3.00. The standard InChI is InChI=1S/C17H18ClN3O3/c1-3-15(22)21-9-11-8-20(10-16(23)24-4-2)19-17(11)13-7-12(18)5-6-14(13)21/h5-8H,3-4,9-10H2,1-2H3. The first kappa shape index (κ1) is 16.5. The summed E-state index contributed by atoms with van der Waals surface area (Å²) < 4.78 is 6.51. The van der Waals surface area contributed by atoms with Crippen molar-refractivity contribution >= 4 is 29.2 Å². The molecule has 6 nitrogen and oxygen atoms in total. The smallest absolute Gasteiger partial charge is 0.327 e. The molecule has 0 radical (unpaired) electrons. The van der Waals surface area contributed by atoms with Gasteiger partial charge in [0.25, 0.3) is 0 Å². The summed E-state index contributed by atoms with van der Waals surface area (Å²) in [6.45, 7) is 4.39. The summed E-state index contributed by atoms with van der Waals surface area (Å²) in [6, 6.07) is 5.39. The largest absolute Gasteiger partial charge is 0.465 e. The van der Waals surface area contributed by atoms with Crippen molar-refractivity contribution in [1.29, 1.82) is 0 Å². The van der Waals surface area contributed by atoms with Crippen molar-refractivity contribution in [3.63, 3.8) is 0 Å². The lowest BCUT2D eigenvalue weighted by Crippen LogP contribution is -2.32. The molecule has 0 atom stereocenters. The number of nitrogens with zero attached hydrogens (tertiary/aromatic N) is 3. The number of halogens is 1.